The maximum atomic E-state index is 12.6. The van der Waals surface area contributed by atoms with Crippen LogP contribution in [0.15, 0.2) is 41.7 Å². The lowest BCUT2D eigenvalue weighted by molar-refractivity contribution is -0.116. The molecule has 0 saturated carbocycles. The second kappa shape index (κ2) is 6.81. The lowest BCUT2D eigenvalue weighted by Gasteiger charge is -2.18. The summed E-state index contributed by atoms with van der Waals surface area (Å²) in [5.41, 5.74) is 2.32. The highest BCUT2D eigenvalue weighted by Crippen LogP contribution is 2.29. The summed E-state index contributed by atoms with van der Waals surface area (Å²) in [5.74, 6) is 1.53. The average molecular weight is 340 g/mol. The van der Waals surface area contributed by atoms with Gasteiger partial charge in [0.05, 0.1) is 5.75 Å². The molecule has 6 heteroatoms. The van der Waals surface area contributed by atoms with E-state index < -0.39 is 0 Å². The van der Waals surface area contributed by atoms with E-state index in [2.05, 4.69) is 20.9 Å². The molecule has 2 aliphatic heterocycles. The van der Waals surface area contributed by atoms with E-state index in [1.807, 2.05) is 29.2 Å². The molecule has 1 amide bonds. The van der Waals surface area contributed by atoms with Crippen molar-refractivity contribution in [3.8, 4) is 0 Å². The Morgan fingerprint density at radius 3 is 2.83 bits per heavy atom. The number of hydrogen-bond acceptors (Lipinski definition) is 5. The first kappa shape index (κ1) is 15.4. The van der Waals surface area contributed by atoms with Gasteiger partial charge in [-0.05, 0) is 30.9 Å². The van der Waals surface area contributed by atoms with Crippen molar-refractivity contribution in [3.63, 3.8) is 0 Å². The first-order chi connectivity index (χ1) is 11.8. The fourth-order valence-electron chi connectivity index (χ4n) is 3.34. The third-order valence-electron chi connectivity index (χ3n) is 4.59. The summed E-state index contributed by atoms with van der Waals surface area (Å²) in [6.07, 6.45) is 4.99. The zero-order valence-electron chi connectivity index (χ0n) is 13.5. The fourth-order valence-corrected chi connectivity index (χ4v) is 4.08. The molecule has 0 N–H and O–H groups in total. The Bertz CT molecular complexity index is 745. The van der Waals surface area contributed by atoms with Gasteiger partial charge in [0.1, 0.15) is 17.2 Å². The van der Waals surface area contributed by atoms with Crippen LogP contribution in [0.4, 0.5) is 11.5 Å². The molecule has 24 heavy (non-hydrogen) atoms. The van der Waals surface area contributed by atoms with Gasteiger partial charge in [-0.2, -0.15) is 0 Å². The molecule has 2 aromatic rings. The SMILES string of the molecule is O=C(CSc1cc(N2CCCC2)ncn1)N1CCc2ccccc21. The van der Waals surface area contributed by atoms with Gasteiger partial charge in [-0.15, -0.1) is 0 Å². The van der Waals surface area contributed by atoms with Crippen LogP contribution in [-0.2, 0) is 11.2 Å². The Labute approximate surface area is 146 Å². The molecule has 124 valence electrons. The van der Waals surface area contributed by atoms with Gasteiger partial charge in [-0.3, -0.25) is 4.79 Å². The van der Waals surface area contributed by atoms with Gasteiger partial charge in [0.2, 0.25) is 5.91 Å². The molecule has 0 unspecified atom stereocenters. The summed E-state index contributed by atoms with van der Waals surface area (Å²) in [6, 6.07) is 10.2. The third-order valence-corrected chi connectivity index (χ3v) is 5.50. The van der Waals surface area contributed by atoms with Crippen molar-refractivity contribution >= 4 is 29.2 Å². The van der Waals surface area contributed by atoms with Crippen LogP contribution in [0.25, 0.3) is 0 Å². The summed E-state index contributed by atoms with van der Waals surface area (Å²) in [7, 11) is 0. The summed E-state index contributed by atoms with van der Waals surface area (Å²) in [4.78, 5) is 25.4. The van der Waals surface area contributed by atoms with Crippen molar-refractivity contribution in [2.75, 3.05) is 35.2 Å². The van der Waals surface area contributed by atoms with Crippen LogP contribution in [0.5, 0.6) is 0 Å². The molecule has 1 fully saturated rings. The Morgan fingerprint density at radius 2 is 1.96 bits per heavy atom. The van der Waals surface area contributed by atoms with E-state index >= 15 is 0 Å². The van der Waals surface area contributed by atoms with E-state index in [-0.39, 0.29) is 5.91 Å². The smallest absolute Gasteiger partial charge is 0.237 e. The molecule has 4 rings (SSSR count). The molecule has 0 bridgehead atoms. The average Bonchev–Trinajstić information content (AvgIpc) is 3.29. The lowest BCUT2D eigenvalue weighted by Crippen LogP contribution is -2.30. The summed E-state index contributed by atoms with van der Waals surface area (Å²) >= 11 is 1.49. The summed E-state index contributed by atoms with van der Waals surface area (Å²) in [5, 5.41) is 0.868. The van der Waals surface area contributed by atoms with Gasteiger partial charge in [-0.25, -0.2) is 9.97 Å². The summed E-state index contributed by atoms with van der Waals surface area (Å²) in [6.45, 7) is 2.90. The number of anilines is 2. The number of rotatable bonds is 4. The minimum Gasteiger partial charge on any atom is -0.356 e. The topological polar surface area (TPSA) is 49.3 Å². The molecule has 0 radical (unpaired) electrons. The second-order valence-electron chi connectivity index (χ2n) is 6.12. The quantitative estimate of drug-likeness (QED) is 0.633. The number of para-hydroxylation sites is 1. The highest BCUT2D eigenvalue weighted by atomic mass is 32.2. The number of nitrogens with zero attached hydrogens (tertiary/aromatic N) is 4. The predicted octanol–water partition coefficient (Wildman–Crippen LogP) is 2.76. The van der Waals surface area contributed by atoms with Crippen LogP contribution in [0.3, 0.4) is 0 Å². The Kier molecular flexibility index (Phi) is 4.38. The Morgan fingerprint density at radius 1 is 1.12 bits per heavy atom. The first-order valence-electron chi connectivity index (χ1n) is 8.39. The highest BCUT2D eigenvalue weighted by molar-refractivity contribution is 7.99. The van der Waals surface area contributed by atoms with E-state index in [0.717, 1.165) is 42.6 Å². The molecule has 0 spiro atoms. The molecular weight excluding hydrogens is 320 g/mol. The van der Waals surface area contributed by atoms with E-state index in [1.165, 1.54) is 30.2 Å². The molecule has 1 aromatic heterocycles. The first-order valence-corrected chi connectivity index (χ1v) is 9.38. The molecular formula is C18H20N4OS. The zero-order valence-corrected chi connectivity index (χ0v) is 14.3. The number of carbonyl (C=O) groups is 1. The largest absolute Gasteiger partial charge is 0.356 e. The van der Waals surface area contributed by atoms with Crippen molar-refractivity contribution in [3.05, 3.63) is 42.2 Å². The number of fused-ring (bicyclic) bond motifs is 1. The van der Waals surface area contributed by atoms with Gasteiger partial charge in [-0.1, -0.05) is 30.0 Å². The maximum Gasteiger partial charge on any atom is 0.237 e. The van der Waals surface area contributed by atoms with E-state index in [9.17, 15) is 4.79 Å². The maximum absolute atomic E-state index is 12.6. The van der Waals surface area contributed by atoms with Gasteiger partial charge >= 0.3 is 0 Å². The number of thioether (sulfide) groups is 1. The standard InChI is InChI=1S/C18H20N4OS/c23-18(22-10-7-14-5-1-2-6-15(14)22)12-24-17-11-16(19-13-20-17)21-8-3-4-9-21/h1-2,5-6,11,13H,3-4,7-10,12H2. The van der Waals surface area contributed by atoms with Crippen LogP contribution in [0.2, 0.25) is 0 Å². The molecule has 1 aromatic carbocycles. The Hall–Kier alpha value is -2.08. The van der Waals surface area contributed by atoms with E-state index in [1.54, 1.807) is 6.33 Å². The van der Waals surface area contributed by atoms with Gasteiger partial charge < -0.3 is 9.80 Å². The Balaban J connectivity index is 1.40. The van der Waals surface area contributed by atoms with Crippen molar-refractivity contribution < 1.29 is 4.79 Å². The molecule has 3 heterocycles. The molecule has 2 aliphatic rings. The minimum atomic E-state index is 0.145. The van der Waals surface area contributed by atoms with Gasteiger partial charge in [0, 0.05) is 31.4 Å². The minimum absolute atomic E-state index is 0.145. The molecule has 5 nitrogen and oxygen atoms in total. The normalized spacial score (nSPS) is 16.5. The van der Waals surface area contributed by atoms with Crippen molar-refractivity contribution in [1.29, 1.82) is 0 Å². The van der Waals surface area contributed by atoms with Crippen molar-refractivity contribution in [2.45, 2.75) is 24.3 Å². The number of carbonyl (C=O) groups excluding carboxylic acids is 1. The number of benzene rings is 1. The highest BCUT2D eigenvalue weighted by Gasteiger charge is 2.24. The van der Waals surface area contributed by atoms with Gasteiger partial charge in [0.15, 0.2) is 0 Å². The third kappa shape index (κ3) is 3.11. The van der Waals surface area contributed by atoms with Gasteiger partial charge in [0.25, 0.3) is 0 Å². The second-order valence-corrected chi connectivity index (χ2v) is 7.12. The predicted molar refractivity (Wildman–Crippen MR) is 96.7 cm³/mol. The van der Waals surface area contributed by atoms with Crippen molar-refractivity contribution in [1.82, 2.24) is 9.97 Å². The molecule has 1 saturated heterocycles. The van der Waals surface area contributed by atoms with E-state index in [0.29, 0.717) is 5.75 Å². The summed E-state index contributed by atoms with van der Waals surface area (Å²) < 4.78 is 0. The monoisotopic (exact) mass is 340 g/mol. The van der Waals surface area contributed by atoms with Crippen LogP contribution >= 0.6 is 11.8 Å². The lowest BCUT2D eigenvalue weighted by atomic mass is 10.2. The van der Waals surface area contributed by atoms with Crippen LogP contribution in [0, 0.1) is 0 Å². The fraction of sp³-hybridized carbons (Fsp3) is 0.389. The van der Waals surface area contributed by atoms with E-state index in [4.69, 9.17) is 0 Å². The van der Waals surface area contributed by atoms with Crippen LogP contribution < -0.4 is 9.80 Å². The number of aromatic nitrogens is 2. The number of hydrogen-bond donors (Lipinski definition) is 0. The zero-order chi connectivity index (χ0) is 16.4. The molecule has 0 aliphatic carbocycles. The molecule has 0 atom stereocenters. The van der Waals surface area contributed by atoms with Crippen LogP contribution in [-0.4, -0.2) is 41.3 Å². The number of amides is 1. The van der Waals surface area contributed by atoms with Crippen molar-refractivity contribution in [2.24, 2.45) is 0 Å². The van der Waals surface area contributed by atoms with Crippen LogP contribution in [0.1, 0.15) is 18.4 Å².